The fourth-order valence-corrected chi connectivity index (χ4v) is 5.42. The van der Waals surface area contributed by atoms with Crippen LogP contribution in [0.25, 0.3) is 6.08 Å². The molecule has 13 heteroatoms. The molecule has 1 aliphatic heterocycles. The van der Waals surface area contributed by atoms with E-state index in [0.29, 0.717) is 28.1 Å². The number of fused-ring (bicyclic) bond motifs is 1. The van der Waals surface area contributed by atoms with Gasteiger partial charge >= 0.3 is 5.97 Å². The molecule has 3 aromatic rings. The van der Waals surface area contributed by atoms with Crippen molar-refractivity contribution in [3.63, 3.8) is 0 Å². The molecule has 10 nitrogen and oxygen atoms in total. The summed E-state index contributed by atoms with van der Waals surface area (Å²) in [4.78, 5) is 56.0. The Morgan fingerprint density at radius 2 is 1.97 bits per heavy atom. The molecule has 4 rings (SSSR count). The zero-order chi connectivity index (χ0) is 28.1. The number of benzene rings is 1. The lowest BCUT2D eigenvalue weighted by atomic mass is 9.96. The average Bonchev–Trinajstić information content (AvgIpc) is 3.46. The highest BCUT2D eigenvalue weighted by Crippen LogP contribution is 2.35. The number of carbonyl (C=O) groups is 4. The maximum absolute atomic E-state index is 13.0. The number of nitrogens with one attached hydrogen (secondary N) is 2. The quantitative estimate of drug-likeness (QED) is 0.295. The summed E-state index contributed by atoms with van der Waals surface area (Å²) in [5.41, 5.74) is 7.78. The Kier molecular flexibility index (Phi) is 8.85. The number of nitrogens with two attached hydrogens (primary N) is 1. The Morgan fingerprint density at radius 3 is 2.64 bits per heavy atom. The Hall–Kier alpha value is -3.93. The van der Waals surface area contributed by atoms with Gasteiger partial charge in [0.05, 0.1) is 31.9 Å². The molecule has 0 saturated carbocycles. The van der Waals surface area contributed by atoms with Gasteiger partial charge in [-0.25, -0.2) is 4.79 Å². The summed E-state index contributed by atoms with van der Waals surface area (Å²) >= 11 is 14.2. The van der Waals surface area contributed by atoms with Gasteiger partial charge in [0.2, 0.25) is 0 Å². The highest BCUT2D eigenvalue weighted by molar-refractivity contribution is 7.12. The van der Waals surface area contributed by atoms with Crippen molar-refractivity contribution in [1.82, 2.24) is 20.5 Å². The second-order valence-electron chi connectivity index (χ2n) is 8.57. The highest BCUT2D eigenvalue weighted by atomic mass is 35.5. The fraction of sp³-hybridized carbons (Fsp3) is 0.192. The summed E-state index contributed by atoms with van der Waals surface area (Å²) in [7, 11) is 0. The van der Waals surface area contributed by atoms with Gasteiger partial charge in [0, 0.05) is 25.8 Å². The van der Waals surface area contributed by atoms with Gasteiger partial charge in [0.1, 0.15) is 6.04 Å². The molecule has 0 bridgehead atoms. The van der Waals surface area contributed by atoms with Gasteiger partial charge in [-0.05, 0) is 53.3 Å². The topological polar surface area (TPSA) is 155 Å². The number of hydrogen-bond acceptors (Lipinski definition) is 7. The van der Waals surface area contributed by atoms with Crippen molar-refractivity contribution >= 4 is 64.3 Å². The number of carboxylic acids is 1. The van der Waals surface area contributed by atoms with Gasteiger partial charge in [-0.3, -0.25) is 19.4 Å². The van der Waals surface area contributed by atoms with Crippen LogP contribution in [0.1, 0.15) is 36.9 Å². The second-order valence-corrected chi connectivity index (χ2v) is 10.3. The lowest BCUT2D eigenvalue weighted by Crippen LogP contribution is -2.48. The molecule has 0 spiro atoms. The van der Waals surface area contributed by atoms with E-state index in [1.165, 1.54) is 23.5 Å². The number of rotatable bonds is 8. The molecule has 0 radical (unpaired) electrons. The van der Waals surface area contributed by atoms with E-state index in [1.807, 2.05) is 0 Å². The van der Waals surface area contributed by atoms with Crippen molar-refractivity contribution in [1.29, 1.82) is 0 Å². The molecule has 2 aromatic heterocycles. The van der Waals surface area contributed by atoms with Crippen molar-refractivity contribution in [2.24, 2.45) is 5.73 Å². The lowest BCUT2D eigenvalue weighted by Gasteiger charge is -2.30. The number of aromatic nitrogens is 1. The van der Waals surface area contributed by atoms with Gasteiger partial charge in [-0.2, -0.15) is 0 Å². The number of aliphatic carboxylic acids is 1. The van der Waals surface area contributed by atoms with Crippen molar-refractivity contribution in [3.05, 3.63) is 91.0 Å². The first-order chi connectivity index (χ1) is 18.7. The molecular formula is C26H23Cl2N5O5S. The van der Waals surface area contributed by atoms with Crippen LogP contribution in [0.3, 0.4) is 0 Å². The molecule has 1 aromatic carbocycles. The summed E-state index contributed by atoms with van der Waals surface area (Å²) in [6.07, 6.45) is 3.42. The minimum absolute atomic E-state index is 0.00527. The SMILES string of the molecule is NC(=Cc1ccccn1)C(=O)N1CCc2c(cc(Cl)c(C(=O)N[C@@H](CNC(=O)c3cccs3)C(=O)O)c2Cl)C1. The zero-order valence-corrected chi connectivity index (χ0v) is 22.6. The molecule has 0 saturated heterocycles. The standard InChI is InChI=1S/C26H23Cl2N5O5S/c27-17-10-14-13-33(25(36)18(29)11-15-4-1-2-7-30-15)8-6-16(14)22(28)21(17)24(35)32-19(26(37)38)12-31-23(34)20-5-3-9-39-20/h1-5,7,9-11,19H,6,8,12-13,29H2,(H,31,34)(H,32,35)(H,37,38)/t19-/m0/s1. The number of amides is 3. The van der Waals surface area contributed by atoms with Crippen LogP contribution in [-0.2, 0) is 22.6 Å². The van der Waals surface area contributed by atoms with Crippen LogP contribution in [0, 0.1) is 0 Å². The van der Waals surface area contributed by atoms with Gasteiger partial charge in [0.15, 0.2) is 0 Å². The number of halogens is 2. The monoisotopic (exact) mass is 587 g/mol. The zero-order valence-electron chi connectivity index (χ0n) is 20.3. The summed E-state index contributed by atoms with van der Waals surface area (Å²) < 4.78 is 0. The summed E-state index contributed by atoms with van der Waals surface area (Å²) in [5, 5.41) is 16.2. The molecule has 5 N–H and O–H groups in total. The maximum atomic E-state index is 13.0. The molecular weight excluding hydrogens is 565 g/mol. The maximum Gasteiger partial charge on any atom is 0.328 e. The average molecular weight is 588 g/mol. The van der Waals surface area contributed by atoms with Crippen LogP contribution >= 0.6 is 34.5 Å². The molecule has 3 heterocycles. The first-order valence-electron chi connectivity index (χ1n) is 11.7. The number of hydrogen-bond donors (Lipinski definition) is 4. The van der Waals surface area contributed by atoms with E-state index >= 15 is 0 Å². The number of nitrogens with zero attached hydrogens (tertiary/aromatic N) is 2. The van der Waals surface area contributed by atoms with Crippen molar-refractivity contribution in [2.45, 2.75) is 19.0 Å². The first kappa shape index (κ1) is 28.1. The van der Waals surface area contributed by atoms with E-state index in [2.05, 4.69) is 15.6 Å². The Bertz CT molecular complexity index is 1450. The molecule has 1 aliphatic rings. The van der Waals surface area contributed by atoms with Crippen molar-refractivity contribution in [2.75, 3.05) is 13.1 Å². The molecule has 1 atom stereocenters. The van der Waals surface area contributed by atoms with Gasteiger partial charge < -0.3 is 26.4 Å². The van der Waals surface area contributed by atoms with Gasteiger partial charge in [0.25, 0.3) is 17.7 Å². The highest BCUT2D eigenvalue weighted by Gasteiger charge is 2.30. The van der Waals surface area contributed by atoms with Gasteiger partial charge in [-0.15, -0.1) is 11.3 Å². The normalized spacial score (nSPS) is 13.8. The van der Waals surface area contributed by atoms with Crippen LogP contribution in [0.15, 0.2) is 53.7 Å². The largest absolute Gasteiger partial charge is 0.480 e. The van der Waals surface area contributed by atoms with Crippen LogP contribution < -0.4 is 16.4 Å². The number of thiophene rings is 1. The molecule has 202 valence electrons. The van der Waals surface area contributed by atoms with Crippen molar-refractivity contribution < 1.29 is 24.3 Å². The fourth-order valence-electron chi connectivity index (χ4n) is 4.02. The van der Waals surface area contributed by atoms with E-state index in [9.17, 15) is 24.3 Å². The van der Waals surface area contributed by atoms with E-state index < -0.39 is 23.8 Å². The number of carboxylic acid groups (broad SMARTS) is 1. The molecule has 39 heavy (non-hydrogen) atoms. The van der Waals surface area contributed by atoms with Crippen LogP contribution in [0.5, 0.6) is 0 Å². The summed E-state index contributed by atoms with van der Waals surface area (Å²) in [6.45, 7) is 0.110. The van der Waals surface area contributed by atoms with E-state index in [1.54, 1.807) is 46.8 Å². The molecule has 0 unspecified atom stereocenters. The second kappa shape index (κ2) is 12.3. The third-order valence-electron chi connectivity index (χ3n) is 5.97. The predicted molar refractivity (Wildman–Crippen MR) is 148 cm³/mol. The third-order valence-corrected chi connectivity index (χ3v) is 7.56. The smallest absolute Gasteiger partial charge is 0.328 e. The number of carbonyl (C=O) groups excluding carboxylic acids is 3. The third kappa shape index (κ3) is 6.56. The van der Waals surface area contributed by atoms with E-state index in [0.717, 1.165) is 0 Å². The van der Waals surface area contributed by atoms with Crippen molar-refractivity contribution in [3.8, 4) is 0 Å². The Balaban J connectivity index is 1.47. The van der Waals surface area contributed by atoms with Crippen LogP contribution in [0.4, 0.5) is 0 Å². The predicted octanol–water partition coefficient (Wildman–Crippen LogP) is 2.95. The molecule has 3 amide bonds. The minimum Gasteiger partial charge on any atom is -0.480 e. The first-order valence-corrected chi connectivity index (χ1v) is 13.3. The van der Waals surface area contributed by atoms with Crippen LogP contribution in [-0.4, -0.2) is 57.8 Å². The lowest BCUT2D eigenvalue weighted by molar-refractivity contribution is -0.139. The Labute approximate surface area is 237 Å². The molecule has 0 aliphatic carbocycles. The Morgan fingerprint density at radius 1 is 1.18 bits per heavy atom. The summed E-state index contributed by atoms with van der Waals surface area (Å²) in [5.74, 6) is -2.98. The minimum atomic E-state index is -1.42. The summed E-state index contributed by atoms with van der Waals surface area (Å²) in [6, 6.07) is 8.66. The number of pyridine rings is 1. The van der Waals surface area contributed by atoms with E-state index in [-0.39, 0.29) is 46.8 Å². The molecule has 0 fully saturated rings. The van der Waals surface area contributed by atoms with E-state index in [4.69, 9.17) is 28.9 Å². The van der Waals surface area contributed by atoms with Crippen LogP contribution in [0.2, 0.25) is 10.0 Å². The van der Waals surface area contributed by atoms with Gasteiger partial charge in [-0.1, -0.05) is 35.3 Å².